The van der Waals surface area contributed by atoms with Gasteiger partial charge in [0.05, 0.1) is 24.3 Å². The predicted octanol–water partition coefficient (Wildman–Crippen LogP) is 7.34. The molecule has 2 saturated carbocycles. The number of carbonyl (C=O) groups excluding carboxylic acids is 2. The number of carbonyl (C=O) groups is 3. The molecular weight excluding hydrogens is 575 g/mol. The Labute approximate surface area is 256 Å². The number of halogens is 3. The molecule has 0 atom stereocenters. The van der Waals surface area contributed by atoms with Gasteiger partial charge in [-0.1, -0.05) is 32.9 Å². The fourth-order valence-corrected chi connectivity index (χ4v) is 5.61. The average molecular weight is 618 g/mol. The van der Waals surface area contributed by atoms with Gasteiger partial charge in [-0.2, -0.15) is 13.2 Å². The smallest absolute Gasteiger partial charge is 0.418 e. The molecule has 11 heteroatoms. The Balaban J connectivity index is 1.52. The van der Waals surface area contributed by atoms with Gasteiger partial charge in [-0.3, -0.25) is 9.59 Å². The molecule has 3 amide bonds. The number of carboxylic acid groups (broad SMARTS) is 1. The van der Waals surface area contributed by atoms with E-state index in [1.54, 1.807) is 29.2 Å². The molecule has 0 unspecified atom stereocenters. The van der Waals surface area contributed by atoms with Crippen molar-refractivity contribution in [1.29, 1.82) is 0 Å². The maximum atomic E-state index is 14.1. The lowest BCUT2D eigenvalue weighted by Crippen LogP contribution is -2.45. The van der Waals surface area contributed by atoms with Gasteiger partial charge in [0.2, 0.25) is 0 Å². The predicted molar refractivity (Wildman–Crippen MR) is 160 cm³/mol. The van der Waals surface area contributed by atoms with Gasteiger partial charge in [-0.25, -0.2) is 4.79 Å². The van der Waals surface area contributed by atoms with Crippen LogP contribution >= 0.6 is 0 Å². The first-order valence-electron chi connectivity index (χ1n) is 15.2. The molecule has 0 saturated heterocycles. The SMILES string of the molecule is CC(C)(C)C1CCC(N(Cc2ccc(C(=O)NCCC(=O)O)cc2)C(=O)Nc2ccc(OCC3CC3)cc2C(F)(F)F)CC1. The largest absolute Gasteiger partial charge is 0.493 e. The highest BCUT2D eigenvalue weighted by atomic mass is 19.4. The van der Waals surface area contributed by atoms with Crippen molar-refractivity contribution in [3.8, 4) is 5.75 Å². The van der Waals surface area contributed by atoms with Crippen LogP contribution in [-0.4, -0.2) is 47.1 Å². The number of anilines is 1. The van der Waals surface area contributed by atoms with Crippen molar-refractivity contribution in [2.24, 2.45) is 17.3 Å². The zero-order valence-electron chi connectivity index (χ0n) is 25.5. The standard InChI is InChI=1S/C33H42F3N3O5/c1-32(2,3)24-10-12-25(13-11-24)39(19-21-6-8-23(9-7-21)30(42)37-17-16-29(40)41)31(43)38-28-15-14-26(44-20-22-4-5-22)18-27(28)33(34,35)36/h6-9,14-15,18,22,24-25H,4-5,10-13,16-17,19-20H2,1-3H3,(H,37,42)(H,38,43)(H,40,41). The van der Waals surface area contributed by atoms with E-state index in [0.29, 0.717) is 29.6 Å². The van der Waals surface area contributed by atoms with Crippen LogP contribution in [0, 0.1) is 17.3 Å². The van der Waals surface area contributed by atoms with Crippen LogP contribution in [0.4, 0.5) is 23.7 Å². The maximum absolute atomic E-state index is 14.1. The maximum Gasteiger partial charge on any atom is 0.418 e. The number of hydrogen-bond acceptors (Lipinski definition) is 4. The summed E-state index contributed by atoms with van der Waals surface area (Å²) in [5.74, 6) is -0.465. The van der Waals surface area contributed by atoms with Crippen molar-refractivity contribution < 1.29 is 37.4 Å². The molecule has 0 aliphatic heterocycles. The number of alkyl halides is 3. The molecule has 0 heterocycles. The molecule has 2 aromatic rings. The van der Waals surface area contributed by atoms with Crippen LogP contribution in [0.25, 0.3) is 0 Å². The summed E-state index contributed by atoms with van der Waals surface area (Å²) >= 11 is 0. The minimum absolute atomic E-state index is 0.00531. The number of nitrogens with zero attached hydrogens (tertiary/aromatic N) is 1. The van der Waals surface area contributed by atoms with E-state index in [2.05, 4.69) is 31.4 Å². The number of carboxylic acids is 1. The first-order valence-corrected chi connectivity index (χ1v) is 15.2. The molecule has 4 rings (SSSR count). The highest BCUT2D eigenvalue weighted by molar-refractivity contribution is 5.94. The zero-order chi connectivity index (χ0) is 32.1. The molecule has 2 aromatic carbocycles. The van der Waals surface area contributed by atoms with Gasteiger partial charge in [0.1, 0.15) is 5.75 Å². The first kappa shape index (κ1) is 33.1. The number of aliphatic carboxylic acids is 1. The molecule has 2 aliphatic carbocycles. The number of urea groups is 1. The summed E-state index contributed by atoms with van der Waals surface area (Å²) in [6, 6.07) is 9.39. The van der Waals surface area contributed by atoms with Gasteiger partial charge in [0.15, 0.2) is 0 Å². The van der Waals surface area contributed by atoms with Crippen LogP contribution in [0.5, 0.6) is 5.75 Å². The van der Waals surface area contributed by atoms with Gasteiger partial charge in [-0.05, 0) is 91.7 Å². The molecule has 44 heavy (non-hydrogen) atoms. The second-order valence-corrected chi connectivity index (χ2v) is 13.0. The molecule has 2 aliphatic rings. The summed E-state index contributed by atoms with van der Waals surface area (Å²) in [6.07, 6.45) is 0.365. The number of ether oxygens (including phenoxy) is 1. The summed E-state index contributed by atoms with van der Waals surface area (Å²) < 4.78 is 47.8. The van der Waals surface area contributed by atoms with Crippen LogP contribution in [0.2, 0.25) is 0 Å². The Bertz CT molecular complexity index is 1310. The van der Waals surface area contributed by atoms with E-state index in [0.717, 1.165) is 44.6 Å². The third-order valence-electron chi connectivity index (χ3n) is 8.54. The van der Waals surface area contributed by atoms with Crippen molar-refractivity contribution in [3.63, 3.8) is 0 Å². The van der Waals surface area contributed by atoms with Crippen LogP contribution < -0.4 is 15.4 Å². The molecule has 0 spiro atoms. The summed E-state index contributed by atoms with van der Waals surface area (Å²) in [5, 5.41) is 13.9. The van der Waals surface area contributed by atoms with Gasteiger partial charge < -0.3 is 25.4 Å². The third-order valence-corrected chi connectivity index (χ3v) is 8.54. The lowest BCUT2D eigenvalue weighted by atomic mass is 9.71. The minimum atomic E-state index is -4.70. The van der Waals surface area contributed by atoms with E-state index in [9.17, 15) is 27.6 Å². The van der Waals surface area contributed by atoms with Crippen LogP contribution in [-0.2, 0) is 17.5 Å². The number of nitrogens with one attached hydrogen (secondary N) is 2. The van der Waals surface area contributed by atoms with E-state index in [1.807, 2.05) is 0 Å². The Morgan fingerprint density at radius 1 is 0.955 bits per heavy atom. The Kier molecular flexibility index (Phi) is 10.5. The van der Waals surface area contributed by atoms with E-state index in [1.165, 1.54) is 12.1 Å². The third kappa shape index (κ3) is 9.37. The fraction of sp³-hybridized carbons (Fsp3) is 0.545. The molecule has 2 fully saturated rings. The Morgan fingerprint density at radius 2 is 1.61 bits per heavy atom. The monoisotopic (exact) mass is 617 g/mol. The van der Waals surface area contributed by atoms with Crippen molar-refractivity contribution in [3.05, 3.63) is 59.2 Å². The second-order valence-electron chi connectivity index (χ2n) is 13.0. The number of hydrogen-bond donors (Lipinski definition) is 3. The van der Waals surface area contributed by atoms with Crippen molar-refractivity contribution >= 4 is 23.6 Å². The highest BCUT2D eigenvalue weighted by Gasteiger charge is 2.37. The molecule has 8 nitrogen and oxygen atoms in total. The normalized spacial score (nSPS) is 18.8. The van der Waals surface area contributed by atoms with Gasteiger partial charge in [0, 0.05) is 24.7 Å². The first-order chi connectivity index (χ1) is 20.7. The van der Waals surface area contributed by atoms with E-state index >= 15 is 0 Å². The molecule has 0 radical (unpaired) electrons. The second kappa shape index (κ2) is 13.9. The average Bonchev–Trinajstić information content (AvgIpc) is 3.79. The van der Waals surface area contributed by atoms with Gasteiger partial charge in [-0.15, -0.1) is 0 Å². The summed E-state index contributed by atoms with van der Waals surface area (Å²) in [7, 11) is 0. The highest BCUT2D eigenvalue weighted by Crippen LogP contribution is 2.41. The quantitative estimate of drug-likeness (QED) is 0.245. The van der Waals surface area contributed by atoms with Gasteiger partial charge >= 0.3 is 18.2 Å². The fourth-order valence-electron chi connectivity index (χ4n) is 5.61. The van der Waals surface area contributed by atoms with Gasteiger partial charge in [0.25, 0.3) is 5.91 Å². The summed E-state index contributed by atoms with van der Waals surface area (Å²) in [6.45, 7) is 7.09. The molecule has 0 aromatic heterocycles. The molecule has 3 N–H and O–H groups in total. The number of rotatable bonds is 11. The molecular formula is C33H42F3N3O5. The topological polar surface area (TPSA) is 108 Å². The zero-order valence-corrected chi connectivity index (χ0v) is 25.5. The van der Waals surface area contributed by atoms with E-state index in [4.69, 9.17) is 9.84 Å². The minimum Gasteiger partial charge on any atom is -0.493 e. The van der Waals surface area contributed by atoms with Crippen molar-refractivity contribution in [1.82, 2.24) is 10.2 Å². The molecule has 240 valence electrons. The lowest BCUT2D eigenvalue weighted by Gasteiger charge is -2.41. The Hall–Kier alpha value is -3.76. The number of benzene rings is 2. The van der Waals surface area contributed by atoms with E-state index in [-0.39, 0.29) is 42.4 Å². The van der Waals surface area contributed by atoms with Crippen molar-refractivity contribution in [2.75, 3.05) is 18.5 Å². The van der Waals surface area contributed by atoms with E-state index < -0.39 is 29.6 Å². The van der Waals surface area contributed by atoms with Crippen LogP contribution in [0.15, 0.2) is 42.5 Å². The summed E-state index contributed by atoms with van der Waals surface area (Å²) in [4.78, 5) is 38.4. The Morgan fingerprint density at radius 3 is 2.18 bits per heavy atom. The lowest BCUT2D eigenvalue weighted by molar-refractivity contribution is -0.137. The van der Waals surface area contributed by atoms with Crippen LogP contribution in [0.3, 0.4) is 0 Å². The number of amides is 3. The van der Waals surface area contributed by atoms with Crippen molar-refractivity contribution in [2.45, 2.75) is 84.5 Å². The summed E-state index contributed by atoms with van der Waals surface area (Å²) in [5.41, 5.74) is -0.138. The molecule has 0 bridgehead atoms. The van der Waals surface area contributed by atoms with Crippen LogP contribution in [0.1, 0.15) is 87.2 Å².